The van der Waals surface area contributed by atoms with E-state index in [4.69, 9.17) is 4.74 Å². The number of benzene rings is 1. The molecule has 110 valence electrons. The van der Waals surface area contributed by atoms with Crippen molar-refractivity contribution < 1.29 is 9.53 Å². The topological polar surface area (TPSA) is 41.6 Å². The van der Waals surface area contributed by atoms with Crippen LogP contribution in [0.1, 0.15) is 4.88 Å². The SMILES string of the molecule is C=CCN(Cc1cccs1)C(=O)Nc1ccccc1OC. The van der Waals surface area contributed by atoms with Gasteiger partial charge in [0.2, 0.25) is 0 Å². The Morgan fingerprint density at radius 1 is 1.38 bits per heavy atom. The van der Waals surface area contributed by atoms with E-state index >= 15 is 0 Å². The minimum absolute atomic E-state index is 0.173. The standard InChI is InChI=1S/C16H18N2O2S/c1-3-10-18(12-13-7-6-11-21-13)16(19)17-14-8-4-5-9-15(14)20-2/h3-9,11H,1,10,12H2,2H3,(H,17,19). The van der Waals surface area contributed by atoms with Crippen molar-refractivity contribution in [3.05, 3.63) is 59.3 Å². The molecule has 2 amide bonds. The molecule has 0 bridgehead atoms. The number of nitrogens with one attached hydrogen (secondary N) is 1. The summed E-state index contributed by atoms with van der Waals surface area (Å²) in [6.45, 7) is 4.76. The van der Waals surface area contributed by atoms with E-state index in [0.29, 0.717) is 24.5 Å². The summed E-state index contributed by atoms with van der Waals surface area (Å²) in [6.07, 6.45) is 1.72. The van der Waals surface area contributed by atoms with Crippen LogP contribution in [0.2, 0.25) is 0 Å². The van der Waals surface area contributed by atoms with Crippen molar-refractivity contribution in [1.82, 2.24) is 4.90 Å². The third-order valence-corrected chi connectivity index (χ3v) is 3.77. The van der Waals surface area contributed by atoms with E-state index in [9.17, 15) is 4.79 Å². The molecule has 0 aliphatic carbocycles. The largest absolute Gasteiger partial charge is 0.495 e. The van der Waals surface area contributed by atoms with Gasteiger partial charge in [-0.05, 0) is 23.6 Å². The van der Waals surface area contributed by atoms with Gasteiger partial charge in [0.15, 0.2) is 0 Å². The minimum Gasteiger partial charge on any atom is -0.495 e. The Kier molecular flexibility index (Phi) is 5.40. The van der Waals surface area contributed by atoms with Gasteiger partial charge in [0.1, 0.15) is 5.75 Å². The highest BCUT2D eigenvalue weighted by Crippen LogP contribution is 2.23. The third-order valence-electron chi connectivity index (χ3n) is 2.91. The van der Waals surface area contributed by atoms with Crippen molar-refractivity contribution in [2.45, 2.75) is 6.54 Å². The molecular formula is C16H18N2O2S. The summed E-state index contributed by atoms with van der Waals surface area (Å²) in [7, 11) is 1.58. The summed E-state index contributed by atoms with van der Waals surface area (Å²) in [4.78, 5) is 15.2. The molecule has 2 rings (SSSR count). The third kappa shape index (κ3) is 4.10. The zero-order valence-corrected chi connectivity index (χ0v) is 12.7. The van der Waals surface area contributed by atoms with Gasteiger partial charge in [-0.1, -0.05) is 24.3 Å². The maximum atomic E-state index is 12.4. The van der Waals surface area contributed by atoms with Crippen LogP contribution in [-0.2, 0) is 6.54 Å². The fraction of sp³-hybridized carbons (Fsp3) is 0.188. The molecule has 4 nitrogen and oxygen atoms in total. The van der Waals surface area contributed by atoms with E-state index in [2.05, 4.69) is 11.9 Å². The first-order valence-corrected chi connectivity index (χ1v) is 7.44. The minimum atomic E-state index is -0.173. The number of hydrogen-bond donors (Lipinski definition) is 1. The quantitative estimate of drug-likeness (QED) is 0.820. The Hall–Kier alpha value is -2.27. The number of carbonyl (C=O) groups is 1. The van der Waals surface area contributed by atoms with E-state index < -0.39 is 0 Å². The van der Waals surface area contributed by atoms with Crippen molar-refractivity contribution in [1.29, 1.82) is 0 Å². The van der Waals surface area contributed by atoms with Crippen LogP contribution in [-0.4, -0.2) is 24.6 Å². The predicted octanol–water partition coefficient (Wildman–Crippen LogP) is 3.98. The van der Waals surface area contributed by atoms with E-state index in [1.165, 1.54) is 0 Å². The van der Waals surface area contributed by atoms with E-state index in [0.717, 1.165) is 4.88 Å². The first-order valence-electron chi connectivity index (χ1n) is 6.57. The lowest BCUT2D eigenvalue weighted by Crippen LogP contribution is -2.34. The van der Waals surface area contributed by atoms with Gasteiger partial charge >= 0.3 is 6.03 Å². The van der Waals surface area contributed by atoms with Gasteiger partial charge in [-0.25, -0.2) is 4.79 Å². The zero-order valence-electron chi connectivity index (χ0n) is 11.9. The highest BCUT2D eigenvalue weighted by Gasteiger charge is 2.15. The average molecular weight is 302 g/mol. The molecule has 0 saturated carbocycles. The van der Waals surface area contributed by atoms with Crippen LogP contribution in [0.4, 0.5) is 10.5 Å². The lowest BCUT2D eigenvalue weighted by atomic mass is 10.3. The average Bonchev–Trinajstić information content (AvgIpc) is 3.00. The highest BCUT2D eigenvalue weighted by molar-refractivity contribution is 7.09. The maximum Gasteiger partial charge on any atom is 0.322 e. The predicted molar refractivity (Wildman–Crippen MR) is 86.9 cm³/mol. The van der Waals surface area contributed by atoms with E-state index in [-0.39, 0.29) is 6.03 Å². The summed E-state index contributed by atoms with van der Waals surface area (Å²) in [5.41, 5.74) is 0.658. The lowest BCUT2D eigenvalue weighted by molar-refractivity contribution is 0.215. The number of methoxy groups -OCH3 is 1. The number of ether oxygens (including phenoxy) is 1. The number of amides is 2. The summed E-state index contributed by atoms with van der Waals surface area (Å²) in [5, 5.41) is 4.88. The van der Waals surface area contributed by atoms with Crippen molar-refractivity contribution in [3.63, 3.8) is 0 Å². The second-order valence-electron chi connectivity index (χ2n) is 4.38. The number of hydrogen-bond acceptors (Lipinski definition) is 3. The Labute approximate surface area is 128 Å². The molecule has 1 heterocycles. The number of urea groups is 1. The molecule has 1 aromatic carbocycles. The number of carbonyl (C=O) groups excluding carboxylic acids is 1. The number of thiophene rings is 1. The Balaban J connectivity index is 2.09. The number of nitrogens with zero attached hydrogens (tertiary/aromatic N) is 1. The van der Waals surface area contributed by atoms with Crippen LogP contribution in [0, 0.1) is 0 Å². The van der Waals surface area contributed by atoms with Gasteiger partial charge in [-0.15, -0.1) is 17.9 Å². The van der Waals surface area contributed by atoms with Crippen LogP contribution in [0.3, 0.4) is 0 Å². The molecule has 0 atom stereocenters. The van der Waals surface area contributed by atoms with Gasteiger partial charge in [-0.3, -0.25) is 0 Å². The van der Waals surface area contributed by atoms with E-state index in [1.807, 2.05) is 41.8 Å². The van der Waals surface area contributed by atoms with Gasteiger partial charge in [0.25, 0.3) is 0 Å². The fourth-order valence-corrected chi connectivity index (χ4v) is 2.63. The molecule has 1 N–H and O–H groups in total. The van der Waals surface area contributed by atoms with Gasteiger partial charge in [0, 0.05) is 11.4 Å². The molecule has 1 aromatic heterocycles. The van der Waals surface area contributed by atoms with Crippen LogP contribution < -0.4 is 10.1 Å². The smallest absolute Gasteiger partial charge is 0.322 e. The second-order valence-corrected chi connectivity index (χ2v) is 5.41. The molecule has 5 heteroatoms. The second kappa shape index (κ2) is 7.50. The summed E-state index contributed by atoms with van der Waals surface area (Å²) in [5.74, 6) is 0.639. The number of para-hydroxylation sites is 2. The number of anilines is 1. The van der Waals surface area contributed by atoms with Crippen LogP contribution in [0.15, 0.2) is 54.4 Å². The molecule has 0 unspecified atom stereocenters. The first-order chi connectivity index (χ1) is 10.2. The molecule has 0 spiro atoms. The van der Waals surface area contributed by atoms with Crippen molar-refractivity contribution in [2.75, 3.05) is 19.0 Å². The molecule has 0 radical (unpaired) electrons. The molecular weight excluding hydrogens is 284 g/mol. The first kappa shape index (κ1) is 15.1. The zero-order chi connectivity index (χ0) is 15.1. The Morgan fingerprint density at radius 3 is 2.86 bits per heavy atom. The van der Waals surface area contributed by atoms with Gasteiger partial charge in [0.05, 0.1) is 19.3 Å². The monoisotopic (exact) mass is 302 g/mol. The maximum absolute atomic E-state index is 12.4. The lowest BCUT2D eigenvalue weighted by Gasteiger charge is -2.21. The molecule has 0 saturated heterocycles. The van der Waals surface area contributed by atoms with E-state index in [1.54, 1.807) is 29.4 Å². The van der Waals surface area contributed by atoms with Gasteiger partial charge < -0.3 is 15.0 Å². The normalized spacial score (nSPS) is 9.95. The van der Waals surface area contributed by atoms with Crippen molar-refractivity contribution >= 4 is 23.1 Å². The number of rotatable bonds is 6. The molecule has 21 heavy (non-hydrogen) atoms. The van der Waals surface area contributed by atoms with Crippen molar-refractivity contribution in [3.8, 4) is 5.75 Å². The summed E-state index contributed by atoms with van der Waals surface area (Å²) in [6, 6.07) is 11.2. The van der Waals surface area contributed by atoms with Crippen molar-refractivity contribution in [2.24, 2.45) is 0 Å². The molecule has 0 aliphatic heterocycles. The molecule has 2 aromatic rings. The summed E-state index contributed by atoms with van der Waals surface area (Å²) < 4.78 is 5.24. The molecule has 0 fully saturated rings. The van der Waals surface area contributed by atoms with Crippen LogP contribution in [0.25, 0.3) is 0 Å². The van der Waals surface area contributed by atoms with Crippen LogP contribution >= 0.6 is 11.3 Å². The molecule has 0 aliphatic rings. The fourth-order valence-electron chi connectivity index (χ4n) is 1.91. The van der Waals surface area contributed by atoms with Crippen LogP contribution in [0.5, 0.6) is 5.75 Å². The Bertz CT molecular complexity index is 596. The summed E-state index contributed by atoms with van der Waals surface area (Å²) >= 11 is 1.63. The highest BCUT2D eigenvalue weighted by atomic mass is 32.1. The van der Waals surface area contributed by atoms with Gasteiger partial charge in [-0.2, -0.15) is 0 Å². The Morgan fingerprint density at radius 2 is 2.19 bits per heavy atom.